The maximum Gasteiger partial charge on any atom is 0.220 e. The number of nitrogens with zero attached hydrogens (tertiary/aromatic N) is 4. The van der Waals surface area contributed by atoms with Crippen LogP contribution in [-0.4, -0.2) is 26.2 Å². The first-order chi connectivity index (χ1) is 16.8. The quantitative estimate of drug-likeness (QED) is 0.124. The van der Waals surface area contributed by atoms with E-state index in [-0.39, 0.29) is 18.1 Å². The van der Waals surface area contributed by atoms with E-state index in [0.29, 0.717) is 37.4 Å². The molecule has 3 aromatic carbocycles. The van der Waals surface area contributed by atoms with E-state index in [2.05, 4.69) is 10.2 Å². The Balaban J connectivity index is 1.64. The molecule has 0 unspecified atom stereocenters. The molecule has 0 saturated carbocycles. The van der Waals surface area contributed by atoms with Crippen molar-refractivity contribution in [3.63, 3.8) is 0 Å². The van der Waals surface area contributed by atoms with Crippen LogP contribution in [0.5, 0.6) is 5.75 Å². The number of benzene rings is 3. The van der Waals surface area contributed by atoms with Crippen molar-refractivity contribution in [1.82, 2.24) is 14.8 Å². The van der Waals surface area contributed by atoms with Crippen molar-refractivity contribution in [2.75, 3.05) is 6.54 Å². The molecule has 0 radical (unpaired) electrons. The third-order valence-electron chi connectivity index (χ3n) is 5.11. The van der Waals surface area contributed by atoms with Gasteiger partial charge in [0.05, 0.1) is 0 Å². The largest absolute Gasteiger partial charge is 0.489 e. The molecular weight excluding hydrogens is 531 g/mol. The minimum atomic E-state index is -0.587. The molecule has 35 heavy (non-hydrogen) atoms. The van der Waals surface area contributed by atoms with Crippen molar-refractivity contribution in [2.24, 2.45) is 0 Å². The molecule has 0 aliphatic heterocycles. The van der Waals surface area contributed by atoms with Gasteiger partial charge in [-0.2, -0.15) is 0 Å². The van der Waals surface area contributed by atoms with Crippen LogP contribution >= 0.6 is 46.6 Å². The Hall–Kier alpha value is -2.78. The number of hydrogen-bond acceptors (Lipinski definition) is 6. The third kappa shape index (κ3) is 6.27. The van der Waals surface area contributed by atoms with Gasteiger partial charge >= 0.3 is 0 Å². The minimum Gasteiger partial charge on any atom is -0.489 e. The van der Waals surface area contributed by atoms with Crippen LogP contribution in [0, 0.1) is 17.0 Å². The van der Waals surface area contributed by atoms with Crippen molar-refractivity contribution in [1.29, 1.82) is 0 Å². The fraction of sp³-hybridized carbons (Fsp3) is 0.167. The Bertz CT molecular complexity index is 1350. The molecule has 1 heterocycles. The number of para-hydroxylation sites is 1. The molecule has 4 rings (SSSR count). The van der Waals surface area contributed by atoms with Crippen LogP contribution in [0.25, 0.3) is 5.69 Å². The lowest BCUT2D eigenvalue weighted by Gasteiger charge is -2.18. The van der Waals surface area contributed by atoms with E-state index >= 15 is 0 Å². The van der Waals surface area contributed by atoms with Gasteiger partial charge in [0.15, 0.2) is 5.16 Å². The summed E-state index contributed by atoms with van der Waals surface area (Å²) in [7, 11) is 0. The van der Waals surface area contributed by atoms with E-state index in [1.54, 1.807) is 36.4 Å². The molecule has 0 aliphatic carbocycles. The fourth-order valence-corrected chi connectivity index (χ4v) is 5.23. The Kier molecular flexibility index (Phi) is 8.18. The molecule has 0 saturated heterocycles. The average Bonchev–Trinajstić information content (AvgIpc) is 3.18. The lowest BCUT2D eigenvalue weighted by atomic mass is 10.1. The van der Waals surface area contributed by atoms with E-state index < -0.39 is 5.25 Å². The van der Waals surface area contributed by atoms with Crippen LogP contribution in [0.1, 0.15) is 22.2 Å². The molecule has 0 aliphatic rings. The number of rotatable bonds is 9. The van der Waals surface area contributed by atoms with Crippen molar-refractivity contribution < 1.29 is 9.66 Å². The highest BCUT2D eigenvalue weighted by molar-refractivity contribution is 7.99. The molecule has 7 nitrogen and oxygen atoms in total. The van der Waals surface area contributed by atoms with Crippen LogP contribution in [0.3, 0.4) is 0 Å². The lowest BCUT2D eigenvalue weighted by Crippen LogP contribution is -2.12. The molecule has 180 valence electrons. The zero-order valence-electron chi connectivity index (χ0n) is 18.4. The fourth-order valence-electron chi connectivity index (χ4n) is 3.44. The van der Waals surface area contributed by atoms with Crippen LogP contribution in [0.2, 0.25) is 15.1 Å². The molecule has 0 N–H and O–H groups in total. The summed E-state index contributed by atoms with van der Waals surface area (Å²) < 4.78 is 7.89. The summed E-state index contributed by atoms with van der Waals surface area (Å²) in [6.45, 7) is 1.67. The normalized spacial score (nSPS) is 11.9. The van der Waals surface area contributed by atoms with Gasteiger partial charge in [0.25, 0.3) is 0 Å². The van der Waals surface area contributed by atoms with Crippen molar-refractivity contribution in [3.05, 3.63) is 109 Å². The van der Waals surface area contributed by atoms with Gasteiger partial charge in [-0.25, -0.2) is 0 Å². The maximum atomic E-state index is 11.6. The first-order valence-electron chi connectivity index (χ1n) is 10.4. The van der Waals surface area contributed by atoms with Crippen molar-refractivity contribution in [3.8, 4) is 11.4 Å². The average molecular weight is 550 g/mol. The van der Waals surface area contributed by atoms with Gasteiger partial charge in [-0.05, 0) is 49.4 Å². The highest BCUT2D eigenvalue weighted by atomic mass is 35.5. The molecule has 1 aromatic heterocycles. The number of hydrogen-bond donors (Lipinski definition) is 0. The molecule has 1 atom stereocenters. The van der Waals surface area contributed by atoms with E-state index in [0.717, 1.165) is 11.3 Å². The second-order valence-electron chi connectivity index (χ2n) is 7.53. The molecule has 11 heteroatoms. The maximum absolute atomic E-state index is 11.6. The van der Waals surface area contributed by atoms with Gasteiger partial charge in [0.2, 0.25) is 6.54 Å². The zero-order valence-corrected chi connectivity index (χ0v) is 21.5. The number of halogens is 3. The third-order valence-corrected chi connectivity index (χ3v) is 7.11. The number of thioether (sulfide) groups is 1. The van der Waals surface area contributed by atoms with Gasteiger partial charge in [-0.15, -0.1) is 10.2 Å². The summed E-state index contributed by atoms with van der Waals surface area (Å²) in [4.78, 5) is 11.3. The first kappa shape index (κ1) is 25.3. The van der Waals surface area contributed by atoms with Crippen molar-refractivity contribution >= 4 is 46.6 Å². The van der Waals surface area contributed by atoms with Crippen LogP contribution in [-0.2, 0) is 6.61 Å². The van der Waals surface area contributed by atoms with E-state index in [4.69, 9.17) is 39.5 Å². The number of nitro groups is 1. The lowest BCUT2D eigenvalue weighted by molar-refractivity contribution is -0.479. The highest BCUT2D eigenvalue weighted by Crippen LogP contribution is 2.40. The summed E-state index contributed by atoms with van der Waals surface area (Å²) in [6.07, 6.45) is 0. The van der Waals surface area contributed by atoms with Crippen LogP contribution in [0.15, 0.2) is 71.9 Å². The number of ether oxygens (including phenoxy) is 1. The summed E-state index contributed by atoms with van der Waals surface area (Å²) in [5, 5.41) is 21.6. The smallest absolute Gasteiger partial charge is 0.220 e. The Morgan fingerprint density at radius 1 is 1.03 bits per heavy atom. The van der Waals surface area contributed by atoms with Gasteiger partial charge in [-0.3, -0.25) is 14.7 Å². The van der Waals surface area contributed by atoms with E-state index in [9.17, 15) is 10.1 Å². The SMILES string of the molecule is Cc1nnc(S[C@@H](C[N+](=O)[O-])c2ccccc2OCc2ccc(Cl)cc2Cl)n1-c1ccc(Cl)cc1. The topological polar surface area (TPSA) is 83.1 Å². The molecule has 0 spiro atoms. The van der Waals surface area contributed by atoms with Gasteiger partial charge in [0.1, 0.15) is 23.4 Å². The van der Waals surface area contributed by atoms with Crippen molar-refractivity contribution in [2.45, 2.75) is 23.9 Å². The van der Waals surface area contributed by atoms with Gasteiger partial charge in [0, 0.05) is 36.8 Å². The first-order valence-corrected chi connectivity index (χ1v) is 12.4. The summed E-state index contributed by atoms with van der Waals surface area (Å²) in [5.74, 6) is 1.17. The molecular formula is C24H19Cl3N4O3S. The van der Waals surface area contributed by atoms with Gasteiger partial charge < -0.3 is 4.74 Å². The number of aromatic nitrogens is 3. The van der Waals surface area contributed by atoms with Crippen LogP contribution in [0.4, 0.5) is 0 Å². The second kappa shape index (κ2) is 11.3. The van der Waals surface area contributed by atoms with Crippen LogP contribution < -0.4 is 4.74 Å². The molecule has 0 fully saturated rings. The zero-order chi connectivity index (χ0) is 24.9. The van der Waals surface area contributed by atoms with E-state index in [1.165, 1.54) is 11.8 Å². The predicted octanol–water partition coefficient (Wildman–Crippen LogP) is 7.23. The molecule has 0 amide bonds. The second-order valence-corrected chi connectivity index (χ2v) is 9.98. The summed E-state index contributed by atoms with van der Waals surface area (Å²) in [6, 6.07) is 19.6. The molecule has 0 bridgehead atoms. The Labute approximate surface area is 221 Å². The highest BCUT2D eigenvalue weighted by Gasteiger charge is 2.26. The monoisotopic (exact) mass is 548 g/mol. The number of aryl methyl sites for hydroxylation is 1. The predicted molar refractivity (Wildman–Crippen MR) is 139 cm³/mol. The molecule has 4 aromatic rings. The Morgan fingerprint density at radius 2 is 1.74 bits per heavy atom. The Morgan fingerprint density at radius 3 is 2.46 bits per heavy atom. The van der Waals surface area contributed by atoms with E-state index in [1.807, 2.05) is 41.8 Å². The van der Waals surface area contributed by atoms with Gasteiger partial charge in [-0.1, -0.05) is 70.8 Å². The summed E-state index contributed by atoms with van der Waals surface area (Å²) in [5.41, 5.74) is 2.23. The standard InChI is InChI=1S/C24H19Cl3N4O3S/c1-15-28-29-24(31(15)19-10-8-17(25)9-11-19)35-23(13-30(32)33)20-4-2-3-5-22(20)34-14-16-6-7-18(26)12-21(16)27/h2-12,23H,13-14H2,1H3/t23-/m0/s1. The summed E-state index contributed by atoms with van der Waals surface area (Å²) >= 11 is 19.5. The minimum absolute atomic E-state index is 0.183.